The first-order valence-corrected chi connectivity index (χ1v) is 11.9. The molecule has 34 heavy (non-hydrogen) atoms. The molecule has 6 heteroatoms. The molecule has 1 saturated carbocycles. The van der Waals surface area contributed by atoms with Crippen LogP contribution in [-0.4, -0.2) is 39.1 Å². The fourth-order valence-electron chi connectivity index (χ4n) is 6.77. The molecule has 4 atom stereocenters. The molecule has 1 aromatic rings. The van der Waals surface area contributed by atoms with Gasteiger partial charge in [-0.25, -0.2) is 0 Å². The predicted molar refractivity (Wildman–Crippen MR) is 126 cm³/mol. The summed E-state index contributed by atoms with van der Waals surface area (Å²) in [7, 11) is 0. The Labute approximate surface area is 199 Å². The summed E-state index contributed by atoms with van der Waals surface area (Å²) < 4.78 is 19.5. The lowest BCUT2D eigenvalue weighted by molar-refractivity contribution is -0.171. The van der Waals surface area contributed by atoms with Crippen molar-refractivity contribution in [1.82, 2.24) is 0 Å². The summed E-state index contributed by atoms with van der Waals surface area (Å²) in [4.78, 5) is 27.9. The van der Waals surface area contributed by atoms with Gasteiger partial charge in [-0.2, -0.15) is 0 Å². The van der Waals surface area contributed by atoms with Gasteiger partial charge in [-0.15, -0.1) is 0 Å². The largest absolute Gasteiger partial charge is 0.506 e. The topological polar surface area (TPSA) is 82.1 Å². The highest BCUT2D eigenvalue weighted by Crippen LogP contribution is 2.68. The van der Waals surface area contributed by atoms with Gasteiger partial charge in [-0.05, 0) is 60.1 Å². The Morgan fingerprint density at radius 3 is 2.59 bits per heavy atom. The lowest BCUT2D eigenvalue weighted by Crippen LogP contribution is -2.72. The first-order chi connectivity index (χ1) is 15.8. The Kier molecular flexibility index (Phi) is 3.96. The maximum atomic E-state index is 14.0. The summed E-state index contributed by atoms with van der Waals surface area (Å²) in [6.45, 7) is 11.8. The molecule has 178 valence electrons. The molecule has 3 heterocycles. The Morgan fingerprint density at radius 1 is 1.15 bits per heavy atom. The molecule has 1 spiro atoms. The Hall–Kier alpha value is -2.86. The summed E-state index contributed by atoms with van der Waals surface area (Å²) in [6.07, 6.45) is 8.29. The molecule has 6 nitrogen and oxygen atoms in total. The average molecular weight is 463 g/mol. The molecule has 1 saturated heterocycles. The second-order valence-electron chi connectivity index (χ2n) is 11.6. The molecule has 3 aliphatic carbocycles. The fraction of sp³-hybridized carbons (Fsp3) is 0.500. The number of fused-ring (bicyclic) bond motifs is 2. The van der Waals surface area contributed by atoms with Gasteiger partial charge in [0.25, 0.3) is 0 Å². The minimum Gasteiger partial charge on any atom is -0.506 e. The zero-order valence-corrected chi connectivity index (χ0v) is 20.4. The maximum absolute atomic E-state index is 14.0. The van der Waals surface area contributed by atoms with E-state index < -0.39 is 28.3 Å². The Morgan fingerprint density at radius 2 is 1.88 bits per heavy atom. The van der Waals surface area contributed by atoms with E-state index in [9.17, 15) is 14.7 Å². The lowest BCUT2D eigenvalue weighted by Gasteiger charge is -2.56. The smallest absolute Gasteiger partial charge is 0.200 e. The van der Waals surface area contributed by atoms with E-state index in [0.29, 0.717) is 29.7 Å². The second kappa shape index (κ2) is 6.22. The third-order valence-electron chi connectivity index (χ3n) is 8.19. The van der Waals surface area contributed by atoms with Crippen molar-refractivity contribution in [1.29, 1.82) is 0 Å². The number of phenolic OH excluding ortho intramolecular Hbond substituents is 1. The van der Waals surface area contributed by atoms with Gasteiger partial charge in [0.15, 0.2) is 22.8 Å². The van der Waals surface area contributed by atoms with E-state index in [1.807, 2.05) is 53.7 Å². The molecule has 3 aliphatic heterocycles. The van der Waals surface area contributed by atoms with E-state index in [1.165, 1.54) is 0 Å². The van der Waals surface area contributed by atoms with Crippen LogP contribution in [0.4, 0.5) is 0 Å². The molecule has 0 aromatic heterocycles. The standard InChI is InChI=1S/C28H30O6/c1-14(2)7-10-27-24(31)15-11-17-23(30)21-19(33-28(17,27)20(12-15)26(5,6)34-27)13-18-16(22(21)29)8-9-25(3,4)32-18/h7-9,11,13,15,20,29H,10,12H2,1-6H3/t15-,20+,27+,28-/m1/s1. The average Bonchev–Trinajstić information content (AvgIpc) is 2.88. The lowest BCUT2D eigenvalue weighted by atomic mass is 9.51. The van der Waals surface area contributed by atoms with Crippen molar-refractivity contribution in [2.45, 2.75) is 76.8 Å². The molecular weight excluding hydrogens is 432 g/mol. The van der Waals surface area contributed by atoms with Crippen LogP contribution in [-0.2, 0) is 9.53 Å². The van der Waals surface area contributed by atoms with Crippen molar-refractivity contribution in [2.75, 3.05) is 0 Å². The van der Waals surface area contributed by atoms with Crippen LogP contribution in [0.15, 0.2) is 35.4 Å². The van der Waals surface area contributed by atoms with Gasteiger partial charge < -0.3 is 19.3 Å². The van der Waals surface area contributed by atoms with Crippen LogP contribution >= 0.6 is 0 Å². The number of ether oxygens (including phenoxy) is 3. The van der Waals surface area contributed by atoms with E-state index in [-0.39, 0.29) is 34.5 Å². The van der Waals surface area contributed by atoms with Crippen LogP contribution in [0.5, 0.6) is 17.2 Å². The van der Waals surface area contributed by atoms with Crippen molar-refractivity contribution in [2.24, 2.45) is 11.8 Å². The highest BCUT2D eigenvalue weighted by atomic mass is 16.6. The number of ketones is 2. The molecule has 1 aromatic carbocycles. The molecule has 0 unspecified atom stereocenters. The number of aromatic hydroxyl groups is 1. The van der Waals surface area contributed by atoms with Crippen molar-refractivity contribution in [3.8, 4) is 17.2 Å². The van der Waals surface area contributed by atoms with Gasteiger partial charge in [0.2, 0.25) is 0 Å². The third-order valence-corrected chi connectivity index (χ3v) is 8.19. The summed E-state index contributed by atoms with van der Waals surface area (Å²) in [5.41, 5.74) is -1.71. The molecule has 7 rings (SSSR count). The number of allylic oxidation sites excluding steroid dienone is 2. The second-order valence-corrected chi connectivity index (χ2v) is 11.6. The van der Waals surface area contributed by atoms with Crippen molar-refractivity contribution in [3.05, 3.63) is 46.6 Å². The quantitative estimate of drug-likeness (QED) is 0.627. The Bertz CT molecular complexity index is 1270. The zero-order chi connectivity index (χ0) is 24.4. The van der Waals surface area contributed by atoms with E-state index >= 15 is 0 Å². The van der Waals surface area contributed by atoms with Crippen LogP contribution in [0.1, 0.15) is 70.3 Å². The monoisotopic (exact) mass is 462 g/mol. The number of rotatable bonds is 2. The maximum Gasteiger partial charge on any atom is 0.200 e. The first-order valence-electron chi connectivity index (χ1n) is 11.9. The molecule has 2 fully saturated rings. The molecule has 4 bridgehead atoms. The van der Waals surface area contributed by atoms with Gasteiger partial charge in [0, 0.05) is 29.9 Å². The highest BCUT2D eigenvalue weighted by molar-refractivity contribution is 6.18. The normalized spacial score (nSPS) is 34.9. The number of hydrogen-bond acceptors (Lipinski definition) is 6. The fourth-order valence-corrected chi connectivity index (χ4v) is 6.77. The van der Waals surface area contributed by atoms with E-state index in [2.05, 4.69) is 0 Å². The van der Waals surface area contributed by atoms with Crippen LogP contribution < -0.4 is 9.47 Å². The van der Waals surface area contributed by atoms with E-state index in [0.717, 1.165) is 5.57 Å². The van der Waals surface area contributed by atoms with Gasteiger partial charge >= 0.3 is 0 Å². The molecule has 1 N–H and O–H groups in total. The molecule has 0 amide bonds. The van der Waals surface area contributed by atoms with Gasteiger partial charge in [-0.3, -0.25) is 9.59 Å². The van der Waals surface area contributed by atoms with Crippen LogP contribution in [0.3, 0.4) is 0 Å². The van der Waals surface area contributed by atoms with E-state index in [1.54, 1.807) is 18.2 Å². The number of phenols is 1. The number of carbonyl (C=O) groups excluding carboxylic acids is 2. The third kappa shape index (κ3) is 2.40. The number of benzene rings is 1. The van der Waals surface area contributed by atoms with Crippen molar-refractivity contribution < 1.29 is 28.9 Å². The van der Waals surface area contributed by atoms with Crippen LogP contribution in [0, 0.1) is 11.8 Å². The van der Waals surface area contributed by atoms with Crippen molar-refractivity contribution in [3.63, 3.8) is 0 Å². The molecular formula is C28H30O6. The number of hydrogen-bond donors (Lipinski definition) is 1. The highest BCUT2D eigenvalue weighted by Gasteiger charge is 2.81. The zero-order valence-electron chi connectivity index (χ0n) is 20.4. The molecule has 6 aliphatic rings. The number of carbonyl (C=O) groups is 2. The van der Waals surface area contributed by atoms with Crippen molar-refractivity contribution >= 4 is 17.6 Å². The first kappa shape index (κ1) is 21.7. The summed E-state index contributed by atoms with van der Waals surface area (Å²) >= 11 is 0. The Balaban J connectivity index is 1.62. The minimum absolute atomic E-state index is 0.0330. The number of Topliss-reactive ketones (excluding diaryl/α,β-unsaturated/α-hetero) is 2. The SMILES string of the molecule is CC(C)=CC[C@@]12OC(C)(C)[C@@H]3C[C@@H](C=C4C(=O)c5c(cc6c(c5O)C=CC(C)(C)O6)O[C@]431)C2=O. The molecule has 0 radical (unpaired) electrons. The van der Waals surface area contributed by atoms with Gasteiger partial charge in [0.1, 0.15) is 28.4 Å². The van der Waals surface area contributed by atoms with Crippen LogP contribution in [0.25, 0.3) is 6.08 Å². The van der Waals surface area contributed by atoms with Gasteiger partial charge in [0.05, 0.1) is 11.2 Å². The summed E-state index contributed by atoms with van der Waals surface area (Å²) in [5.74, 6) is -0.404. The van der Waals surface area contributed by atoms with Gasteiger partial charge in [-0.1, -0.05) is 17.7 Å². The predicted octanol–water partition coefficient (Wildman–Crippen LogP) is 4.94. The summed E-state index contributed by atoms with van der Waals surface area (Å²) in [5, 5.41) is 11.2. The summed E-state index contributed by atoms with van der Waals surface area (Å²) in [6, 6.07) is 1.69. The minimum atomic E-state index is -1.30. The van der Waals surface area contributed by atoms with Crippen LogP contribution in [0.2, 0.25) is 0 Å². The van der Waals surface area contributed by atoms with E-state index in [4.69, 9.17) is 14.2 Å².